The van der Waals surface area contributed by atoms with Gasteiger partial charge in [-0.15, -0.1) is 0 Å². The van der Waals surface area contributed by atoms with Gasteiger partial charge in [-0.1, -0.05) is 0 Å². The van der Waals surface area contributed by atoms with Crippen LogP contribution in [0.15, 0.2) is 0 Å². The van der Waals surface area contributed by atoms with Crippen LogP contribution in [0.3, 0.4) is 0 Å². The molecule has 0 saturated carbocycles. The molecule has 1 rings (SSSR count). The number of hydrogen-bond acceptors (Lipinski definition) is 4. The Morgan fingerprint density at radius 3 is 2.61 bits per heavy atom. The summed E-state index contributed by atoms with van der Waals surface area (Å²) in [6, 6.07) is -1.36. The lowest BCUT2D eigenvalue weighted by Gasteiger charge is -2.29. The number of likely N-dealkylation sites (tertiary alicyclic amines) is 1. The second-order valence-corrected chi connectivity index (χ2v) is 4.34. The van der Waals surface area contributed by atoms with Crippen LogP contribution in [0.5, 0.6) is 0 Å². The minimum Gasteiger partial charge on any atom is -0.480 e. The van der Waals surface area contributed by atoms with E-state index in [2.05, 4.69) is 0 Å². The smallest absolute Gasteiger partial charge is 0.326 e. The van der Waals surface area contributed by atoms with E-state index in [-0.39, 0.29) is 19.6 Å². The number of amides is 2. The van der Waals surface area contributed by atoms with Crippen molar-refractivity contribution in [3.05, 3.63) is 0 Å². The Morgan fingerprint density at radius 1 is 1.44 bits per heavy atom. The van der Waals surface area contributed by atoms with Gasteiger partial charge in [0, 0.05) is 32.7 Å². The monoisotopic (exact) mass is 260 g/mol. The van der Waals surface area contributed by atoms with Gasteiger partial charge in [0.05, 0.1) is 6.10 Å². The van der Waals surface area contributed by atoms with Crippen LogP contribution in [0.25, 0.3) is 0 Å². The standard InChI is InChI=1S/C11H20N2O5/c1-2-12(4-3-5-14)11(18)13-7-8(15)6-9(13)10(16)17/h8-9,14-15H,2-7H2,1H3,(H,16,17). The summed E-state index contributed by atoms with van der Waals surface area (Å²) in [7, 11) is 0. The molecule has 18 heavy (non-hydrogen) atoms. The van der Waals surface area contributed by atoms with Gasteiger partial charge in [-0.3, -0.25) is 0 Å². The highest BCUT2D eigenvalue weighted by Crippen LogP contribution is 2.20. The van der Waals surface area contributed by atoms with Gasteiger partial charge < -0.3 is 25.1 Å². The summed E-state index contributed by atoms with van der Waals surface area (Å²) in [6.45, 7) is 2.64. The van der Waals surface area contributed by atoms with E-state index < -0.39 is 24.1 Å². The summed E-state index contributed by atoms with van der Waals surface area (Å²) in [6.07, 6.45) is -0.265. The summed E-state index contributed by atoms with van der Waals surface area (Å²) in [5, 5.41) is 27.3. The summed E-state index contributed by atoms with van der Waals surface area (Å²) >= 11 is 0. The molecule has 1 heterocycles. The summed E-state index contributed by atoms with van der Waals surface area (Å²) < 4.78 is 0. The number of aliphatic hydroxyl groups is 2. The number of carboxylic acids is 1. The van der Waals surface area contributed by atoms with Crippen LogP contribution in [-0.2, 0) is 4.79 Å². The number of carbonyl (C=O) groups is 2. The molecule has 1 fully saturated rings. The van der Waals surface area contributed by atoms with Crippen LogP contribution >= 0.6 is 0 Å². The molecule has 0 aliphatic carbocycles. The molecule has 0 aromatic rings. The normalized spacial score (nSPS) is 23.2. The fourth-order valence-corrected chi connectivity index (χ4v) is 2.09. The third-order valence-electron chi connectivity index (χ3n) is 3.05. The molecule has 2 amide bonds. The van der Waals surface area contributed by atoms with E-state index in [0.717, 1.165) is 0 Å². The molecule has 0 aromatic carbocycles. The van der Waals surface area contributed by atoms with Crippen LogP contribution in [0.2, 0.25) is 0 Å². The molecular weight excluding hydrogens is 240 g/mol. The Hall–Kier alpha value is -1.34. The summed E-state index contributed by atoms with van der Waals surface area (Å²) in [5.41, 5.74) is 0. The van der Waals surface area contributed by atoms with Crippen molar-refractivity contribution >= 4 is 12.0 Å². The first-order chi connectivity index (χ1) is 8.51. The van der Waals surface area contributed by atoms with Gasteiger partial charge >= 0.3 is 12.0 Å². The van der Waals surface area contributed by atoms with E-state index in [0.29, 0.717) is 19.5 Å². The molecule has 0 radical (unpaired) electrons. The molecule has 0 spiro atoms. The number of urea groups is 1. The highest BCUT2D eigenvalue weighted by Gasteiger charge is 2.40. The first-order valence-electron chi connectivity index (χ1n) is 6.08. The van der Waals surface area contributed by atoms with E-state index >= 15 is 0 Å². The van der Waals surface area contributed by atoms with Crippen molar-refractivity contribution < 1.29 is 24.9 Å². The lowest BCUT2D eigenvalue weighted by molar-refractivity contribution is -0.141. The average Bonchev–Trinajstić information content (AvgIpc) is 2.72. The molecule has 1 aliphatic rings. The average molecular weight is 260 g/mol. The van der Waals surface area contributed by atoms with Gasteiger partial charge in [0.15, 0.2) is 0 Å². The number of rotatable bonds is 5. The van der Waals surface area contributed by atoms with E-state index in [1.165, 1.54) is 9.80 Å². The Balaban J connectivity index is 2.70. The van der Waals surface area contributed by atoms with Crippen molar-refractivity contribution in [2.45, 2.75) is 31.9 Å². The summed E-state index contributed by atoms with van der Waals surface area (Å²) in [4.78, 5) is 25.8. The number of nitrogens with zero attached hydrogens (tertiary/aromatic N) is 2. The molecule has 0 bridgehead atoms. The third kappa shape index (κ3) is 3.33. The maximum absolute atomic E-state index is 12.1. The third-order valence-corrected chi connectivity index (χ3v) is 3.05. The minimum atomic E-state index is -1.10. The van der Waals surface area contributed by atoms with Crippen LogP contribution in [0.1, 0.15) is 19.8 Å². The van der Waals surface area contributed by atoms with Crippen molar-refractivity contribution in [2.24, 2.45) is 0 Å². The molecule has 7 heteroatoms. The lowest BCUT2D eigenvalue weighted by Crippen LogP contribution is -2.48. The van der Waals surface area contributed by atoms with E-state index in [9.17, 15) is 14.7 Å². The first kappa shape index (κ1) is 14.7. The molecule has 1 aliphatic heterocycles. The second-order valence-electron chi connectivity index (χ2n) is 4.34. The zero-order valence-corrected chi connectivity index (χ0v) is 10.4. The fraction of sp³-hybridized carbons (Fsp3) is 0.818. The van der Waals surface area contributed by atoms with Crippen molar-refractivity contribution in [3.63, 3.8) is 0 Å². The van der Waals surface area contributed by atoms with Crippen LogP contribution < -0.4 is 0 Å². The zero-order chi connectivity index (χ0) is 13.7. The van der Waals surface area contributed by atoms with Gasteiger partial charge in [0.25, 0.3) is 0 Å². The first-order valence-corrected chi connectivity index (χ1v) is 6.08. The Labute approximate surface area is 106 Å². The Bertz CT molecular complexity index is 310. The summed E-state index contributed by atoms with van der Waals surface area (Å²) in [5.74, 6) is -1.10. The number of carbonyl (C=O) groups excluding carboxylic acids is 1. The predicted octanol–water partition coefficient (Wildman–Crippen LogP) is -0.669. The number of aliphatic hydroxyl groups excluding tert-OH is 2. The SMILES string of the molecule is CCN(CCCO)C(=O)N1CC(O)CC1C(=O)O. The number of carboxylic acid groups (broad SMARTS) is 1. The van der Waals surface area contributed by atoms with Gasteiger partial charge in [-0.05, 0) is 13.3 Å². The van der Waals surface area contributed by atoms with Crippen molar-refractivity contribution in [1.82, 2.24) is 9.80 Å². The van der Waals surface area contributed by atoms with Crippen LogP contribution in [-0.4, -0.2) is 75.5 Å². The fourth-order valence-electron chi connectivity index (χ4n) is 2.09. The number of hydrogen-bond donors (Lipinski definition) is 3. The molecule has 7 nitrogen and oxygen atoms in total. The topological polar surface area (TPSA) is 101 Å². The Morgan fingerprint density at radius 2 is 2.11 bits per heavy atom. The van der Waals surface area contributed by atoms with E-state index in [1.807, 2.05) is 0 Å². The zero-order valence-electron chi connectivity index (χ0n) is 10.4. The maximum atomic E-state index is 12.1. The molecule has 104 valence electrons. The van der Waals surface area contributed by atoms with E-state index in [4.69, 9.17) is 10.2 Å². The highest BCUT2D eigenvalue weighted by atomic mass is 16.4. The van der Waals surface area contributed by atoms with Crippen molar-refractivity contribution in [3.8, 4) is 0 Å². The quantitative estimate of drug-likeness (QED) is 0.608. The van der Waals surface area contributed by atoms with Gasteiger partial charge in [-0.25, -0.2) is 9.59 Å². The molecular formula is C11H20N2O5. The van der Waals surface area contributed by atoms with Crippen LogP contribution in [0, 0.1) is 0 Å². The highest BCUT2D eigenvalue weighted by molar-refractivity contribution is 5.83. The number of aliphatic carboxylic acids is 1. The molecule has 2 unspecified atom stereocenters. The largest absolute Gasteiger partial charge is 0.480 e. The molecule has 3 N–H and O–H groups in total. The molecule has 0 aromatic heterocycles. The van der Waals surface area contributed by atoms with Gasteiger partial charge in [0.2, 0.25) is 0 Å². The molecule has 2 atom stereocenters. The number of β-amino-alcohol motifs (C(OH)–C–C–N with tert-alkyl or cyclic N) is 1. The van der Waals surface area contributed by atoms with Gasteiger partial charge in [-0.2, -0.15) is 0 Å². The molecule has 1 saturated heterocycles. The second kappa shape index (κ2) is 6.55. The lowest BCUT2D eigenvalue weighted by atomic mass is 10.2. The predicted molar refractivity (Wildman–Crippen MR) is 63.1 cm³/mol. The van der Waals surface area contributed by atoms with E-state index in [1.54, 1.807) is 6.92 Å². The minimum absolute atomic E-state index is 0.0191. The van der Waals surface area contributed by atoms with Crippen molar-refractivity contribution in [1.29, 1.82) is 0 Å². The Kier molecular flexibility index (Phi) is 5.36. The maximum Gasteiger partial charge on any atom is 0.326 e. The van der Waals surface area contributed by atoms with Crippen LogP contribution in [0.4, 0.5) is 4.79 Å². The van der Waals surface area contributed by atoms with Crippen molar-refractivity contribution in [2.75, 3.05) is 26.2 Å². The van der Waals surface area contributed by atoms with Gasteiger partial charge in [0.1, 0.15) is 6.04 Å².